The van der Waals surface area contributed by atoms with E-state index in [-0.39, 0.29) is 12.2 Å². The maximum atomic E-state index is 12.3. The van der Waals surface area contributed by atoms with Crippen LogP contribution in [0.3, 0.4) is 0 Å². The minimum absolute atomic E-state index is 0.00323. The largest absolute Gasteiger partial charge is 0.323 e. The van der Waals surface area contributed by atoms with E-state index in [1.165, 1.54) is 0 Å². The van der Waals surface area contributed by atoms with Crippen molar-refractivity contribution in [2.75, 3.05) is 13.6 Å². The van der Waals surface area contributed by atoms with Gasteiger partial charge in [-0.3, -0.25) is 10.1 Å². The average molecular weight is 253 g/mol. The van der Waals surface area contributed by atoms with Crippen molar-refractivity contribution in [3.63, 3.8) is 0 Å². The highest BCUT2D eigenvalue weighted by Crippen LogP contribution is 2.26. The Morgan fingerprint density at radius 3 is 2.72 bits per heavy atom. The Hall–Kier alpha value is -0.610. The normalized spacial score (nSPS) is 38.4. The lowest BCUT2D eigenvalue weighted by Crippen LogP contribution is -2.51. The highest BCUT2D eigenvalue weighted by Gasteiger charge is 2.41. The van der Waals surface area contributed by atoms with E-state index < -0.39 is 0 Å². The first-order valence-electron chi connectivity index (χ1n) is 7.33. The minimum Gasteiger partial charge on any atom is -0.323 e. The van der Waals surface area contributed by atoms with Crippen LogP contribution in [-0.4, -0.2) is 53.6 Å². The summed E-state index contributed by atoms with van der Waals surface area (Å²) < 4.78 is 0. The molecule has 0 bridgehead atoms. The number of carbonyl (C=O) groups excluding carboxylic acids is 1. The monoisotopic (exact) mass is 253 g/mol. The summed E-state index contributed by atoms with van der Waals surface area (Å²) in [5.74, 6) is 0.301. The molecule has 2 aliphatic rings. The van der Waals surface area contributed by atoms with Crippen LogP contribution in [0.4, 0.5) is 0 Å². The van der Waals surface area contributed by atoms with Gasteiger partial charge in [0.2, 0.25) is 5.91 Å². The third-order valence-corrected chi connectivity index (χ3v) is 4.54. The zero-order chi connectivity index (χ0) is 13.3. The first-order chi connectivity index (χ1) is 8.54. The quantitative estimate of drug-likeness (QED) is 0.826. The van der Waals surface area contributed by atoms with Gasteiger partial charge in [0, 0.05) is 18.6 Å². The number of hydrogen-bond acceptors (Lipinski definition) is 3. The van der Waals surface area contributed by atoms with Gasteiger partial charge in [-0.25, -0.2) is 0 Å². The summed E-state index contributed by atoms with van der Waals surface area (Å²) in [5.41, 5.74) is 0. The Bertz CT molecular complexity index is 307. The second-order valence-electron chi connectivity index (χ2n) is 5.95. The van der Waals surface area contributed by atoms with E-state index in [0.717, 1.165) is 32.2 Å². The van der Waals surface area contributed by atoms with Crippen LogP contribution in [0.15, 0.2) is 0 Å². The lowest BCUT2D eigenvalue weighted by Gasteiger charge is -2.41. The molecular formula is C14H27N3O. The molecule has 0 aliphatic carbocycles. The van der Waals surface area contributed by atoms with Gasteiger partial charge in [-0.1, -0.05) is 13.3 Å². The number of nitrogens with zero attached hydrogens (tertiary/aromatic N) is 2. The van der Waals surface area contributed by atoms with E-state index in [1.807, 2.05) is 6.92 Å². The highest BCUT2D eigenvalue weighted by atomic mass is 16.2. The standard InChI is InChI=1S/C14H27N3O/c1-5-6-13-15-11(3)14(18)17(13)12-7-8-16(4)10(2)9-12/h10-13,15H,5-9H2,1-4H3. The smallest absolute Gasteiger partial charge is 0.240 e. The Morgan fingerprint density at radius 1 is 1.39 bits per heavy atom. The van der Waals surface area contributed by atoms with Crippen LogP contribution < -0.4 is 5.32 Å². The molecule has 2 heterocycles. The number of piperidine rings is 1. The number of rotatable bonds is 3. The molecule has 4 atom stereocenters. The third-order valence-electron chi connectivity index (χ3n) is 4.54. The molecule has 0 radical (unpaired) electrons. The molecule has 4 heteroatoms. The molecule has 4 nitrogen and oxygen atoms in total. The van der Waals surface area contributed by atoms with Gasteiger partial charge in [0.15, 0.2) is 0 Å². The van der Waals surface area contributed by atoms with Crippen LogP contribution in [0.1, 0.15) is 46.5 Å². The summed E-state index contributed by atoms with van der Waals surface area (Å²) in [6.45, 7) is 7.54. The predicted molar refractivity (Wildman–Crippen MR) is 73.3 cm³/mol. The van der Waals surface area contributed by atoms with Gasteiger partial charge < -0.3 is 9.80 Å². The van der Waals surface area contributed by atoms with Crippen LogP contribution in [-0.2, 0) is 4.79 Å². The van der Waals surface area contributed by atoms with Crippen LogP contribution in [0.2, 0.25) is 0 Å². The molecule has 0 saturated carbocycles. The van der Waals surface area contributed by atoms with Crippen LogP contribution >= 0.6 is 0 Å². The average Bonchev–Trinajstić information content (AvgIpc) is 2.60. The summed E-state index contributed by atoms with van der Waals surface area (Å²) in [6, 6.07) is 1.00. The topological polar surface area (TPSA) is 35.6 Å². The SMILES string of the molecule is CCCC1NC(C)C(=O)N1C1CCN(C)C(C)C1. The van der Waals surface area contributed by atoms with Crippen LogP contribution in [0, 0.1) is 0 Å². The second-order valence-corrected chi connectivity index (χ2v) is 5.95. The Morgan fingerprint density at radius 2 is 2.11 bits per heavy atom. The number of likely N-dealkylation sites (tertiary alicyclic amines) is 1. The molecular weight excluding hydrogens is 226 g/mol. The summed E-state index contributed by atoms with van der Waals surface area (Å²) in [4.78, 5) is 16.9. The van der Waals surface area contributed by atoms with Crippen molar-refractivity contribution in [1.82, 2.24) is 15.1 Å². The maximum absolute atomic E-state index is 12.3. The summed E-state index contributed by atoms with van der Waals surface area (Å²) in [7, 11) is 2.18. The lowest BCUT2D eigenvalue weighted by molar-refractivity contribution is -0.133. The van der Waals surface area contributed by atoms with Gasteiger partial charge in [-0.05, 0) is 40.2 Å². The third kappa shape index (κ3) is 2.54. The lowest BCUT2D eigenvalue weighted by atomic mass is 9.96. The summed E-state index contributed by atoms with van der Waals surface area (Å²) in [5, 5.41) is 3.44. The fourth-order valence-electron chi connectivity index (χ4n) is 3.26. The first kappa shape index (κ1) is 13.8. The molecule has 4 unspecified atom stereocenters. The molecule has 2 rings (SSSR count). The molecule has 104 valence electrons. The van der Waals surface area contributed by atoms with E-state index in [9.17, 15) is 4.79 Å². The molecule has 1 amide bonds. The maximum Gasteiger partial charge on any atom is 0.240 e. The number of nitrogens with one attached hydrogen (secondary N) is 1. The van der Waals surface area contributed by atoms with Crippen molar-refractivity contribution in [3.8, 4) is 0 Å². The van der Waals surface area contributed by atoms with Crippen molar-refractivity contribution in [3.05, 3.63) is 0 Å². The van der Waals surface area contributed by atoms with Crippen molar-refractivity contribution in [2.24, 2.45) is 0 Å². The van der Waals surface area contributed by atoms with E-state index in [1.54, 1.807) is 0 Å². The van der Waals surface area contributed by atoms with E-state index >= 15 is 0 Å². The van der Waals surface area contributed by atoms with Crippen molar-refractivity contribution in [2.45, 2.75) is 70.7 Å². The molecule has 2 fully saturated rings. The van der Waals surface area contributed by atoms with E-state index in [4.69, 9.17) is 0 Å². The summed E-state index contributed by atoms with van der Waals surface area (Å²) in [6.07, 6.45) is 4.67. The molecule has 2 saturated heterocycles. The molecule has 0 aromatic carbocycles. The van der Waals surface area contributed by atoms with E-state index in [2.05, 4.69) is 36.0 Å². The first-order valence-corrected chi connectivity index (χ1v) is 7.33. The van der Waals surface area contributed by atoms with Gasteiger partial charge >= 0.3 is 0 Å². The molecule has 1 N–H and O–H groups in total. The Labute approximate surface area is 111 Å². The zero-order valence-corrected chi connectivity index (χ0v) is 12.1. The van der Waals surface area contributed by atoms with E-state index in [0.29, 0.717) is 18.0 Å². The van der Waals surface area contributed by atoms with Crippen molar-refractivity contribution in [1.29, 1.82) is 0 Å². The van der Waals surface area contributed by atoms with Gasteiger partial charge in [0.25, 0.3) is 0 Å². The molecule has 0 spiro atoms. The van der Waals surface area contributed by atoms with Crippen molar-refractivity contribution >= 4 is 5.91 Å². The van der Waals surface area contributed by atoms with Gasteiger partial charge in [-0.15, -0.1) is 0 Å². The minimum atomic E-state index is -0.00323. The summed E-state index contributed by atoms with van der Waals surface area (Å²) >= 11 is 0. The van der Waals surface area contributed by atoms with Crippen molar-refractivity contribution < 1.29 is 4.79 Å². The van der Waals surface area contributed by atoms with Gasteiger partial charge in [-0.2, -0.15) is 0 Å². The fraction of sp³-hybridized carbons (Fsp3) is 0.929. The second kappa shape index (κ2) is 5.57. The predicted octanol–water partition coefficient (Wildman–Crippen LogP) is 1.42. The molecule has 0 aromatic heterocycles. The Balaban J connectivity index is 2.07. The Kier molecular flexibility index (Phi) is 4.28. The van der Waals surface area contributed by atoms with Gasteiger partial charge in [0.1, 0.15) is 0 Å². The number of hydrogen-bond donors (Lipinski definition) is 1. The zero-order valence-electron chi connectivity index (χ0n) is 12.1. The fourth-order valence-corrected chi connectivity index (χ4v) is 3.26. The molecule has 2 aliphatic heterocycles. The van der Waals surface area contributed by atoms with Crippen LogP contribution in [0.5, 0.6) is 0 Å². The number of amides is 1. The highest BCUT2D eigenvalue weighted by molar-refractivity contribution is 5.84. The molecule has 18 heavy (non-hydrogen) atoms. The number of carbonyl (C=O) groups is 1. The van der Waals surface area contributed by atoms with Crippen LogP contribution in [0.25, 0.3) is 0 Å². The molecule has 0 aromatic rings. The van der Waals surface area contributed by atoms with Gasteiger partial charge in [0.05, 0.1) is 12.2 Å².